The molecule has 0 unspecified atom stereocenters. The van der Waals surface area contributed by atoms with Crippen molar-refractivity contribution in [3.05, 3.63) is 11.8 Å². The lowest BCUT2D eigenvalue weighted by atomic mass is 10.0. The molecule has 9 heavy (non-hydrogen) atoms. The lowest BCUT2D eigenvalue weighted by Gasteiger charge is -2.20. The van der Waals surface area contributed by atoms with Gasteiger partial charge < -0.3 is 4.90 Å². The van der Waals surface area contributed by atoms with E-state index in [1.165, 1.54) is 31.4 Å². The molecule has 0 aromatic rings. The fourth-order valence-electron chi connectivity index (χ4n) is 1.23. The van der Waals surface area contributed by atoms with E-state index in [0.29, 0.717) is 0 Å². The highest BCUT2D eigenvalue weighted by atomic mass is 15.1. The molecule has 0 bridgehead atoms. The first-order valence-electron chi connectivity index (χ1n) is 3.67. The van der Waals surface area contributed by atoms with Gasteiger partial charge in [-0.25, -0.2) is 0 Å². The summed E-state index contributed by atoms with van der Waals surface area (Å²) in [6.45, 7) is 0. The van der Waals surface area contributed by atoms with Crippen LogP contribution in [0.5, 0.6) is 0 Å². The van der Waals surface area contributed by atoms with E-state index in [-0.39, 0.29) is 0 Å². The summed E-state index contributed by atoms with van der Waals surface area (Å²) < 4.78 is 0. The Balaban J connectivity index is 2.46. The van der Waals surface area contributed by atoms with Crippen molar-refractivity contribution in [2.45, 2.75) is 25.7 Å². The van der Waals surface area contributed by atoms with Crippen molar-refractivity contribution in [3.63, 3.8) is 0 Å². The fourth-order valence-corrected chi connectivity index (χ4v) is 1.23. The summed E-state index contributed by atoms with van der Waals surface area (Å²) in [5.74, 6) is 0. The predicted octanol–water partition coefficient (Wildman–Crippen LogP) is 2.01. The molecule has 0 saturated carbocycles. The first-order valence-corrected chi connectivity index (χ1v) is 3.67. The monoisotopic (exact) mass is 125 g/mol. The summed E-state index contributed by atoms with van der Waals surface area (Å²) in [7, 11) is 4.24. The first kappa shape index (κ1) is 6.66. The number of nitrogens with zero attached hydrogens (tertiary/aromatic N) is 1. The molecule has 0 aromatic carbocycles. The molecule has 1 heteroatoms. The Morgan fingerprint density at radius 3 is 2.44 bits per heavy atom. The standard InChI is InChI=1S/C8H15N/c1-9(2)8-6-4-3-5-7-8/h6H,3-5,7H2,1-2H3. The van der Waals surface area contributed by atoms with Crippen molar-refractivity contribution < 1.29 is 0 Å². The Morgan fingerprint density at radius 1 is 1.33 bits per heavy atom. The summed E-state index contributed by atoms with van der Waals surface area (Å²) in [5, 5.41) is 0. The minimum absolute atomic E-state index is 1.28. The molecule has 0 atom stereocenters. The SMILES string of the molecule is CN(C)C1=CCCCC1. The van der Waals surface area contributed by atoms with Gasteiger partial charge in [0.2, 0.25) is 0 Å². The van der Waals surface area contributed by atoms with Crippen molar-refractivity contribution in [1.29, 1.82) is 0 Å². The predicted molar refractivity (Wildman–Crippen MR) is 40.2 cm³/mol. The maximum Gasteiger partial charge on any atom is 0.00869 e. The Labute approximate surface area is 57.4 Å². The number of hydrogen-bond donors (Lipinski definition) is 0. The molecule has 0 amide bonds. The van der Waals surface area contributed by atoms with Gasteiger partial charge in [0.25, 0.3) is 0 Å². The normalized spacial score (nSPS) is 19.1. The summed E-state index contributed by atoms with van der Waals surface area (Å²) >= 11 is 0. The molecule has 1 aliphatic rings. The largest absolute Gasteiger partial charge is 0.381 e. The lowest BCUT2D eigenvalue weighted by molar-refractivity contribution is 0.460. The van der Waals surface area contributed by atoms with E-state index < -0.39 is 0 Å². The highest BCUT2D eigenvalue weighted by molar-refractivity contribution is 5.02. The van der Waals surface area contributed by atoms with Crippen molar-refractivity contribution in [2.24, 2.45) is 0 Å². The Hall–Kier alpha value is -0.460. The topological polar surface area (TPSA) is 3.24 Å². The van der Waals surface area contributed by atoms with Gasteiger partial charge in [-0.2, -0.15) is 0 Å². The minimum atomic E-state index is 1.28. The van der Waals surface area contributed by atoms with Crippen molar-refractivity contribution in [2.75, 3.05) is 14.1 Å². The molecule has 52 valence electrons. The molecule has 0 N–H and O–H groups in total. The van der Waals surface area contributed by atoms with Crippen LogP contribution in [0.2, 0.25) is 0 Å². The smallest absolute Gasteiger partial charge is 0.00869 e. The fraction of sp³-hybridized carbons (Fsp3) is 0.750. The van der Waals surface area contributed by atoms with Crippen LogP contribution in [0.25, 0.3) is 0 Å². The first-order chi connectivity index (χ1) is 4.30. The summed E-state index contributed by atoms with van der Waals surface area (Å²) in [4.78, 5) is 2.22. The summed E-state index contributed by atoms with van der Waals surface area (Å²) in [6.07, 6.45) is 7.69. The average molecular weight is 125 g/mol. The van der Waals surface area contributed by atoms with Crippen LogP contribution in [0.4, 0.5) is 0 Å². The van der Waals surface area contributed by atoms with Crippen LogP contribution in [0.3, 0.4) is 0 Å². The van der Waals surface area contributed by atoms with Gasteiger partial charge in [0.15, 0.2) is 0 Å². The maximum atomic E-state index is 2.35. The molecule has 0 fully saturated rings. The maximum absolute atomic E-state index is 2.35. The average Bonchev–Trinajstić information content (AvgIpc) is 1.90. The van der Waals surface area contributed by atoms with Gasteiger partial charge in [0.05, 0.1) is 0 Å². The molecule has 0 saturated heterocycles. The summed E-state index contributed by atoms with van der Waals surface area (Å²) in [5.41, 5.74) is 1.52. The van der Waals surface area contributed by atoms with E-state index >= 15 is 0 Å². The van der Waals surface area contributed by atoms with Crippen LogP contribution in [-0.2, 0) is 0 Å². The van der Waals surface area contributed by atoms with Crippen LogP contribution in [0.1, 0.15) is 25.7 Å². The minimum Gasteiger partial charge on any atom is -0.381 e. The van der Waals surface area contributed by atoms with Crippen molar-refractivity contribution in [3.8, 4) is 0 Å². The van der Waals surface area contributed by atoms with Crippen molar-refractivity contribution >= 4 is 0 Å². The molecule has 0 heterocycles. The van der Waals surface area contributed by atoms with Crippen LogP contribution in [0, 0.1) is 0 Å². The van der Waals surface area contributed by atoms with Crippen LogP contribution in [-0.4, -0.2) is 19.0 Å². The Morgan fingerprint density at radius 2 is 2.11 bits per heavy atom. The molecule has 1 nitrogen and oxygen atoms in total. The third kappa shape index (κ3) is 1.74. The number of hydrogen-bond acceptors (Lipinski definition) is 1. The van der Waals surface area contributed by atoms with Gasteiger partial charge >= 0.3 is 0 Å². The van der Waals surface area contributed by atoms with E-state index in [0.717, 1.165) is 0 Å². The van der Waals surface area contributed by atoms with Crippen LogP contribution < -0.4 is 0 Å². The molecular formula is C8H15N. The van der Waals surface area contributed by atoms with Crippen molar-refractivity contribution in [1.82, 2.24) is 4.90 Å². The zero-order chi connectivity index (χ0) is 6.69. The van der Waals surface area contributed by atoms with Gasteiger partial charge in [0.1, 0.15) is 0 Å². The molecular weight excluding hydrogens is 110 g/mol. The highest BCUT2D eigenvalue weighted by Gasteiger charge is 2.03. The van der Waals surface area contributed by atoms with Gasteiger partial charge in [-0.1, -0.05) is 6.08 Å². The molecule has 1 aliphatic carbocycles. The zero-order valence-electron chi connectivity index (χ0n) is 6.35. The molecule has 0 radical (unpaired) electrons. The lowest BCUT2D eigenvalue weighted by Crippen LogP contribution is -2.12. The number of rotatable bonds is 1. The zero-order valence-corrected chi connectivity index (χ0v) is 6.35. The van der Waals surface area contributed by atoms with Gasteiger partial charge in [-0.3, -0.25) is 0 Å². The highest BCUT2D eigenvalue weighted by Crippen LogP contribution is 2.17. The van der Waals surface area contributed by atoms with E-state index in [2.05, 4.69) is 25.1 Å². The summed E-state index contributed by atoms with van der Waals surface area (Å²) in [6, 6.07) is 0. The quantitative estimate of drug-likeness (QED) is 0.518. The second kappa shape index (κ2) is 2.90. The van der Waals surface area contributed by atoms with Crippen LogP contribution >= 0.6 is 0 Å². The Bertz CT molecular complexity index is 114. The van der Waals surface area contributed by atoms with E-state index in [1.54, 1.807) is 0 Å². The van der Waals surface area contributed by atoms with E-state index in [1.807, 2.05) is 0 Å². The molecule has 0 spiro atoms. The number of allylic oxidation sites excluding steroid dienone is 2. The molecule has 0 aliphatic heterocycles. The second-order valence-electron chi connectivity index (χ2n) is 2.84. The Kier molecular flexibility index (Phi) is 2.15. The van der Waals surface area contributed by atoms with E-state index in [9.17, 15) is 0 Å². The van der Waals surface area contributed by atoms with E-state index in [4.69, 9.17) is 0 Å². The third-order valence-electron chi connectivity index (χ3n) is 1.84. The van der Waals surface area contributed by atoms with Gasteiger partial charge in [-0.05, 0) is 25.7 Å². The molecule has 0 aromatic heterocycles. The molecule has 1 rings (SSSR count). The van der Waals surface area contributed by atoms with Gasteiger partial charge in [0, 0.05) is 19.8 Å². The third-order valence-corrected chi connectivity index (χ3v) is 1.84. The van der Waals surface area contributed by atoms with Crippen LogP contribution in [0.15, 0.2) is 11.8 Å². The van der Waals surface area contributed by atoms with Gasteiger partial charge in [-0.15, -0.1) is 0 Å². The second-order valence-corrected chi connectivity index (χ2v) is 2.84.